The van der Waals surface area contributed by atoms with Crippen molar-refractivity contribution in [1.29, 1.82) is 0 Å². The molecule has 3 N–H and O–H groups in total. The minimum atomic E-state index is -1.32. The Balaban J connectivity index is 0.00000205. The van der Waals surface area contributed by atoms with Crippen molar-refractivity contribution in [2.75, 3.05) is 7.11 Å². The van der Waals surface area contributed by atoms with Gasteiger partial charge in [0.1, 0.15) is 18.1 Å². The van der Waals surface area contributed by atoms with Crippen molar-refractivity contribution >= 4 is 24.1 Å². The van der Waals surface area contributed by atoms with Crippen molar-refractivity contribution in [1.82, 2.24) is 5.32 Å². The average molecular weight is 544 g/mol. The molecule has 2 fully saturated rings. The number of ether oxygens (including phenoxy) is 1. The molecular formula is C31H45NO7. The first-order valence-corrected chi connectivity index (χ1v) is 14.1. The van der Waals surface area contributed by atoms with Crippen LogP contribution in [0.4, 0.5) is 0 Å². The van der Waals surface area contributed by atoms with Gasteiger partial charge in [-0.05, 0) is 95.9 Å². The second-order valence-corrected chi connectivity index (χ2v) is 12.7. The number of aliphatic hydroxyl groups is 1. The van der Waals surface area contributed by atoms with Crippen LogP contribution in [-0.2, 0) is 31.0 Å². The molecule has 8 heteroatoms. The fraction of sp³-hybridized carbons (Fsp3) is 0.677. The van der Waals surface area contributed by atoms with E-state index in [-0.39, 0.29) is 23.7 Å². The van der Waals surface area contributed by atoms with Gasteiger partial charge in [0, 0.05) is 20.0 Å². The number of aryl methyl sites for hydroxylation is 1. The number of hydrogen-bond acceptors (Lipinski definition) is 6. The number of esters is 1. The van der Waals surface area contributed by atoms with Crippen LogP contribution in [0.1, 0.15) is 95.8 Å². The highest BCUT2D eigenvalue weighted by molar-refractivity contribution is 5.89. The number of amides is 1. The lowest BCUT2D eigenvalue weighted by atomic mass is 9.43. The molecule has 5 unspecified atom stereocenters. The Morgan fingerprint density at radius 1 is 1.10 bits per heavy atom. The van der Waals surface area contributed by atoms with Crippen LogP contribution in [0.2, 0.25) is 0 Å². The van der Waals surface area contributed by atoms with Gasteiger partial charge in [-0.2, -0.15) is 0 Å². The van der Waals surface area contributed by atoms with Crippen LogP contribution < -0.4 is 10.1 Å². The summed E-state index contributed by atoms with van der Waals surface area (Å²) in [5.74, 6) is -1.00. The lowest BCUT2D eigenvalue weighted by molar-refractivity contribution is -0.145. The zero-order valence-electron chi connectivity index (χ0n) is 24.3. The first-order valence-electron chi connectivity index (χ1n) is 14.1. The molecule has 0 aromatic heterocycles. The maximum absolute atomic E-state index is 12.9. The largest absolute Gasteiger partial charge is 0.481 e. The predicted molar refractivity (Wildman–Crippen MR) is 147 cm³/mol. The monoisotopic (exact) mass is 543 g/mol. The first-order chi connectivity index (χ1) is 18.3. The Labute approximate surface area is 231 Å². The Morgan fingerprint density at radius 3 is 2.44 bits per heavy atom. The van der Waals surface area contributed by atoms with E-state index in [0.717, 1.165) is 25.5 Å². The molecule has 39 heavy (non-hydrogen) atoms. The highest BCUT2D eigenvalue weighted by Crippen LogP contribution is 2.67. The summed E-state index contributed by atoms with van der Waals surface area (Å²) >= 11 is 0. The van der Waals surface area contributed by atoms with Gasteiger partial charge in [-0.25, -0.2) is 4.79 Å². The van der Waals surface area contributed by atoms with E-state index in [1.807, 2.05) is 12.1 Å². The van der Waals surface area contributed by atoms with Gasteiger partial charge in [-0.1, -0.05) is 34.1 Å². The van der Waals surface area contributed by atoms with E-state index in [9.17, 15) is 24.3 Å². The molecule has 0 heterocycles. The molecule has 8 nitrogen and oxygen atoms in total. The normalized spacial score (nSPS) is 28.9. The summed E-state index contributed by atoms with van der Waals surface area (Å²) in [6.07, 6.45) is 7.02. The SMILES string of the molecule is CO.Cc1cc(OC(=O)C(CC(=O)O)NC(=O)CCC=O)cc2c1C1(C)CCC3C(C)(C)CCCC3(C)C1C2. The van der Waals surface area contributed by atoms with E-state index in [1.165, 1.54) is 36.8 Å². The lowest BCUT2D eigenvalue weighted by Crippen LogP contribution is -2.55. The predicted octanol–water partition coefficient (Wildman–Crippen LogP) is 4.50. The van der Waals surface area contributed by atoms with Crippen molar-refractivity contribution in [2.45, 2.75) is 104 Å². The molecule has 3 aliphatic rings. The van der Waals surface area contributed by atoms with Crippen LogP contribution in [0.15, 0.2) is 12.1 Å². The minimum Gasteiger partial charge on any atom is -0.481 e. The first kappa shape index (κ1) is 30.8. The Kier molecular flexibility index (Phi) is 9.31. The Morgan fingerprint density at radius 2 is 1.79 bits per heavy atom. The quantitative estimate of drug-likeness (QED) is 0.250. The molecule has 5 atom stereocenters. The van der Waals surface area contributed by atoms with Gasteiger partial charge in [0.05, 0.1) is 6.42 Å². The third-order valence-corrected chi connectivity index (χ3v) is 9.89. The Bertz CT molecular complexity index is 1110. The number of aldehydes is 1. The van der Waals surface area contributed by atoms with Gasteiger partial charge in [0.2, 0.25) is 5.91 Å². The topological polar surface area (TPSA) is 130 Å². The summed E-state index contributed by atoms with van der Waals surface area (Å²) < 4.78 is 5.65. The van der Waals surface area contributed by atoms with Gasteiger partial charge in [0.15, 0.2) is 0 Å². The summed E-state index contributed by atoms with van der Waals surface area (Å²) in [6.45, 7) is 11.9. The third-order valence-electron chi connectivity index (χ3n) is 9.89. The number of aliphatic carboxylic acids is 1. The van der Waals surface area contributed by atoms with Crippen molar-refractivity contribution in [3.63, 3.8) is 0 Å². The van der Waals surface area contributed by atoms with E-state index in [0.29, 0.717) is 29.3 Å². The van der Waals surface area contributed by atoms with E-state index in [2.05, 4.69) is 39.9 Å². The third kappa shape index (κ3) is 5.91. The fourth-order valence-corrected chi connectivity index (χ4v) is 8.50. The van der Waals surface area contributed by atoms with Crippen molar-refractivity contribution in [3.05, 3.63) is 28.8 Å². The van der Waals surface area contributed by atoms with Crippen LogP contribution in [0.3, 0.4) is 0 Å². The molecule has 0 saturated heterocycles. The molecular weight excluding hydrogens is 498 g/mol. The molecule has 216 valence electrons. The number of rotatable bonds is 8. The van der Waals surface area contributed by atoms with Crippen LogP contribution in [0.25, 0.3) is 0 Å². The molecule has 0 aliphatic heterocycles. The number of carboxylic acids is 1. The number of carbonyl (C=O) groups is 4. The summed E-state index contributed by atoms with van der Waals surface area (Å²) in [5, 5.41) is 18.7. The second kappa shape index (κ2) is 11.8. The fourth-order valence-electron chi connectivity index (χ4n) is 8.50. The van der Waals surface area contributed by atoms with Gasteiger partial charge >= 0.3 is 11.9 Å². The second-order valence-electron chi connectivity index (χ2n) is 12.7. The zero-order chi connectivity index (χ0) is 29.2. The number of fused-ring (bicyclic) bond motifs is 5. The molecule has 0 radical (unpaired) electrons. The van der Waals surface area contributed by atoms with E-state index >= 15 is 0 Å². The molecule has 0 bridgehead atoms. The van der Waals surface area contributed by atoms with E-state index in [4.69, 9.17) is 9.84 Å². The highest BCUT2D eigenvalue weighted by atomic mass is 16.5. The van der Waals surface area contributed by atoms with Crippen molar-refractivity contribution < 1.29 is 34.1 Å². The number of hydrogen-bond donors (Lipinski definition) is 3. The van der Waals surface area contributed by atoms with E-state index < -0.39 is 30.3 Å². The molecule has 2 saturated carbocycles. The number of aliphatic hydroxyl groups excluding tert-OH is 1. The number of carbonyl (C=O) groups excluding carboxylic acids is 3. The number of carboxylic acid groups (broad SMARTS) is 1. The van der Waals surface area contributed by atoms with Gasteiger partial charge in [0.25, 0.3) is 0 Å². The van der Waals surface area contributed by atoms with Crippen LogP contribution in [-0.4, -0.2) is 47.5 Å². The van der Waals surface area contributed by atoms with Gasteiger partial charge in [-0.15, -0.1) is 0 Å². The molecule has 1 amide bonds. The molecule has 1 aromatic carbocycles. The Hall–Kier alpha value is -2.74. The van der Waals surface area contributed by atoms with Gasteiger partial charge < -0.3 is 25.1 Å². The maximum Gasteiger partial charge on any atom is 0.334 e. The van der Waals surface area contributed by atoms with Crippen LogP contribution >= 0.6 is 0 Å². The average Bonchev–Trinajstić information content (AvgIpc) is 3.16. The summed E-state index contributed by atoms with van der Waals surface area (Å²) in [5.41, 5.74) is 4.37. The lowest BCUT2D eigenvalue weighted by Gasteiger charge is -2.61. The van der Waals surface area contributed by atoms with Crippen LogP contribution in [0.5, 0.6) is 5.75 Å². The van der Waals surface area contributed by atoms with Crippen molar-refractivity contribution in [2.24, 2.45) is 22.7 Å². The number of benzene rings is 1. The standard InChI is InChI=1S/C30H41NO6.CH4O/c1-18-14-20(37-27(36)21(17-25(34)35)31-24(33)8-6-13-32)15-19-16-23-29(4)11-7-10-28(2,3)22(29)9-12-30(23,5)26(18)19;1-2/h13-15,21-23H,6-12,16-17H2,1-5H3,(H,31,33)(H,34,35);2H,1H3. The minimum absolute atomic E-state index is 0.00157. The summed E-state index contributed by atoms with van der Waals surface area (Å²) in [7, 11) is 1.00. The molecule has 4 rings (SSSR count). The smallest absolute Gasteiger partial charge is 0.334 e. The molecule has 0 spiro atoms. The zero-order valence-corrected chi connectivity index (χ0v) is 24.3. The molecule has 1 aromatic rings. The van der Waals surface area contributed by atoms with Crippen molar-refractivity contribution in [3.8, 4) is 5.75 Å². The van der Waals surface area contributed by atoms with Gasteiger partial charge in [-0.3, -0.25) is 9.59 Å². The van der Waals surface area contributed by atoms with E-state index in [1.54, 1.807) is 0 Å². The van der Waals surface area contributed by atoms with Crippen LogP contribution in [0, 0.1) is 29.6 Å². The number of nitrogens with one attached hydrogen (secondary N) is 1. The maximum atomic E-state index is 12.9. The highest BCUT2D eigenvalue weighted by Gasteiger charge is 2.61. The summed E-state index contributed by atoms with van der Waals surface area (Å²) in [4.78, 5) is 46.9. The summed E-state index contributed by atoms with van der Waals surface area (Å²) in [6, 6.07) is 2.49. The molecule has 3 aliphatic carbocycles.